The topological polar surface area (TPSA) is 233 Å². The summed E-state index contributed by atoms with van der Waals surface area (Å²) in [5.41, 5.74) is 15.7. The molecule has 2 unspecified atom stereocenters. The summed E-state index contributed by atoms with van der Waals surface area (Å²) in [7, 11) is -1.01. The molecule has 0 radical (unpaired) electrons. The van der Waals surface area contributed by atoms with Gasteiger partial charge in [-0.15, -0.1) is 0 Å². The molecule has 0 spiro atoms. The lowest BCUT2D eigenvalue weighted by Crippen LogP contribution is -2.41. The molecule has 0 aliphatic carbocycles. The minimum absolute atomic E-state index is 0.231. The van der Waals surface area contributed by atoms with Crippen molar-refractivity contribution < 1.29 is 69.4 Å². The van der Waals surface area contributed by atoms with Gasteiger partial charge in [0.25, 0.3) is 5.91 Å². The van der Waals surface area contributed by atoms with Gasteiger partial charge in [-0.25, -0.2) is 9.59 Å². The number of carbonyl (C=O) groups excluding carboxylic acids is 2. The molecule has 0 aliphatic heterocycles. The fraction of sp³-hybridized carbons (Fsp3) is 0.406. The molecule has 0 saturated heterocycles. The maximum Gasteiger partial charge on any atom is 0.490 e. The van der Waals surface area contributed by atoms with Gasteiger partial charge in [0.05, 0.1) is 36.0 Å². The van der Waals surface area contributed by atoms with Crippen LogP contribution in [0, 0.1) is 0 Å². The monoisotopic (exact) mass is 783 g/mol. The van der Waals surface area contributed by atoms with Crippen molar-refractivity contribution >= 4 is 56.8 Å². The first-order valence-corrected chi connectivity index (χ1v) is 17.1. The minimum atomic E-state index is -5.08. The van der Waals surface area contributed by atoms with Crippen LogP contribution in [0.3, 0.4) is 0 Å². The van der Waals surface area contributed by atoms with Crippen molar-refractivity contribution in [2.24, 2.45) is 11.5 Å². The van der Waals surface area contributed by atoms with E-state index in [1.54, 1.807) is 18.4 Å². The highest BCUT2D eigenvalue weighted by atomic mass is 32.2. The molecule has 53 heavy (non-hydrogen) atoms. The zero-order valence-electron chi connectivity index (χ0n) is 28.8. The highest BCUT2D eigenvalue weighted by Crippen LogP contribution is 2.38. The summed E-state index contributed by atoms with van der Waals surface area (Å²) in [6.07, 6.45) is -6.13. The van der Waals surface area contributed by atoms with Crippen molar-refractivity contribution in [3.8, 4) is 11.5 Å². The van der Waals surface area contributed by atoms with Crippen LogP contribution in [0.5, 0.6) is 11.5 Å². The van der Waals surface area contributed by atoms with E-state index in [1.165, 1.54) is 6.20 Å². The second kappa shape index (κ2) is 20.8. The standard InChI is InChI=1S/C28H37N5O5S.2C2HF3O2/c1-5-18-17(15-32-28(35)21(29)11-12-39(4)36)9-8-10-22(18)33-26-19-13-24(37-6-2)25(38-7-3)14-23(19)31-16-20(26)27(30)34;2*3-2(4,5)1(6)7/h8-10,13-14,16,21H,5-7,11-12,15,29H2,1-4H3,(H2,30,34)(H,31,33)(H,32,35);2*(H,6,7). The summed E-state index contributed by atoms with van der Waals surface area (Å²) in [5, 5.41) is 21.2. The number of nitrogens with zero attached hydrogens (tertiary/aromatic N) is 1. The second-order valence-corrected chi connectivity index (χ2v) is 12.1. The Morgan fingerprint density at radius 3 is 1.92 bits per heavy atom. The van der Waals surface area contributed by atoms with Crippen molar-refractivity contribution in [1.29, 1.82) is 0 Å². The van der Waals surface area contributed by atoms with E-state index in [4.69, 9.17) is 40.7 Å². The third-order valence-corrected chi connectivity index (χ3v) is 7.49. The number of anilines is 2. The Morgan fingerprint density at radius 2 is 1.47 bits per heavy atom. The fourth-order valence-corrected chi connectivity index (χ4v) is 4.85. The molecule has 3 aromatic rings. The van der Waals surface area contributed by atoms with E-state index in [1.807, 2.05) is 39.0 Å². The van der Waals surface area contributed by atoms with Gasteiger partial charge in [-0.3, -0.25) is 18.8 Å². The van der Waals surface area contributed by atoms with E-state index in [0.29, 0.717) is 59.9 Å². The lowest BCUT2D eigenvalue weighted by Gasteiger charge is -2.20. The van der Waals surface area contributed by atoms with Gasteiger partial charge in [-0.2, -0.15) is 26.3 Å². The molecule has 21 heteroatoms. The van der Waals surface area contributed by atoms with Gasteiger partial charge in [-0.1, -0.05) is 19.1 Å². The van der Waals surface area contributed by atoms with Crippen LogP contribution < -0.4 is 31.6 Å². The highest BCUT2D eigenvalue weighted by Gasteiger charge is 2.39. The number of alkyl halides is 6. The van der Waals surface area contributed by atoms with Crippen molar-refractivity contribution in [3.63, 3.8) is 0 Å². The van der Waals surface area contributed by atoms with Crippen LogP contribution in [0.15, 0.2) is 36.5 Å². The van der Waals surface area contributed by atoms with Crippen molar-refractivity contribution in [2.45, 2.75) is 58.6 Å². The molecule has 2 aromatic carbocycles. The summed E-state index contributed by atoms with van der Waals surface area (Å²) >= 11 is 0. The molecule has 1 aromatic heterocycles. The Morgan fingerprint density at radius 1 is 0.943 bits per heavy atom. The number of carbonyl (C=O) groups is 4. The second-order valence-electron chi connectivity index (χ2n) is 10.5. The normalized spacial score (nSPS) is 12.2. The number of aromatic nitrogens is 1. The average Bonchev–Trinajstić information content (AvgIpc) is 3.06. The maximum atomic E-state index is 12.5. The predicted molar refractivity (Wildman–Crippen MR) is 182 cm³/mol. The van der Waals surface area contributed by atoms with E-state index in [0.717, 1.165) is 16.8 Å². The van der Waals surface area contributed by atoms with Crippen LogP contribution in [-0.4, -0.2) is 86.8 Å². The molecule has 3 rings (SSSR count). The van der Waals surface area contributed by atoms with Crippen molar-refractivity contribution in [1.82, 2.24) is 10.3 Å². The van der Waals surface area contributed by atoms with Gasteiger partial charge >= 0.3 is 24.3 Å². The molecule has 1 heterocycles. The number of hydrogen-bond donors (Lipinski definition) is 6. The van der Waals surface area contributed by atoms with Crippen molar-refractivity contribution in [3.05, 3.63) is 53.2 Å². The quantitative estimate of drug-likeness (QED) is 0.125. The number of hydrogen-bond acceptors (Lipinski definition) is 10. The number of amides is 2. The number of halogens is 6. The van der Waals surface area contributed by atoms with E-state index in [9.17, 15) is 40.1 Å². The predicted octanol–water partition coefficient (Wildman–Crippen LogP) is 4.42. The van der Waals surface area contributed by atoms with Crippen LogP contribution in [-0.2, 0) is 38.1 Å². The molecule has 0 saturated carbocycles. The molecule has 2 amide bonds. The van der Waals surface area contributed by atoms with Crippen LogP contribution in [0.4, 0.5) is 37.7 Å². The molecule has 8 N–H and O–H groups in total. The number of rotatable bonds is 14. The van der Waals surface area contributed by atoms with Gasteiger partial charge in [0.2, 0.25) is 5.91 Å². The molecule has 2 atom stereocenters. The largest absolute Gasteiger partial charge is 0.490 e. The lowest BCUT2D eigenvalue weighted by molar-refractivity contribution is -0.193. The van der Waals surface area contributed by atoms with Gasteiger partial charge in [-0.05, 0) is 49.9 Å². The van der Waals surface area contributed by atoms with Crippen LogP contribution in [0.25, 0.3) is 10.9 Å². The third-order valence-electron chi connectivity index (χ3n) is 6.68. The van der Waals surface area contributed by atoms with Crippen LogP contribution >= 0.6 is 0 Å². The smallest absolute Gasteiger partial charge is 0.490 e. The van der Waals surface area contributed by atoms with E-state index < -0.39 is 47.0 Å². The van der Waals surface area contributed by atoms with Gasteiger partial charge in [0, 0.05) is 52.7 Å². The number of primary amides is 1. The molecule has 14 nitrogen and oxygen atoms in total. The van der Waals surface area contributed by atoms with Gasteiger partial charge < -0.3 is 41.8 Å². The first-order valence-electron chi connectivity index (χ1n) is 15.4. The van der Waals surface area contributed by atoms with Crippen LogP contribution in [0.1, 0.15) is 48.7 Å². The van der Waals surface area contributed by atoms with Gasteiger partial charge in [0.15, 0.2) is 11.5 Å². The Labute approximate surface area is 301 Å². The summed E-state index contributed by atoms with van der Waals surface area (Å²) in [6, 6.07) is 8.55. The summed E-state index contributed by atoms with van der Waals surface area (Å²) < 4.78 is 86.4. The number of carboxylic acid groups (broad SMARTS) is 2. The van der Waals surface area contributed by atoms with E-state index in [2.05, 4.69) is 15.6 Å². The number of benzene rings is 2. The number of nitrogens with one attached hydrogen (secondary N) is 2. The lowest BCUT2D eigenvalue weighted by atomic mass is 10.0. The Hall–Kier alpha value is -5.18. The molecule has 294 valence electrons. The molecular weight excluding hydrogens is 744 g/mol. The number of pyridine rings is 1. The zero-order valence-corrected chi connectivity index (χ0v) is 29.6. The summed E-state index contributed by atoms with van der Waals surface area (Å²) in [6.45, 7) is 6.95. The Kier molecular flexibility index (Phi) is 18.0. The number of ether oxygens (including phenoxy) is 2. The summed E-state index contributed by atoms with van der Waals surface area (Å²) in [5.74, 6) is -4.97. The number of carboxylic acids is 2. The molecule has 0 fully saturated rings. The number of nitrogens with two attached hydrogens (primary N) is 2. The first-order chi connectivity index (χ1) is 24.6. The average molecular weight is 784 g/mol. The molecule has 0 bridgehead atoms. The van der Waals surface area contributed by atoms with E-state index in [-0.39, 0.29) is 18.0 Å². The molecular formula is C32H39F6N5O9S. The van der Waals surface area contributed by atoms with E-state index >= 15 is 0 Å². The maximum absolute atomic E-state index is 12.5. The van der Waals surface area contributed by atoms with Gasteiger partial charge in [0.1, 0.15) is 0 Å². The minimum Gasteiger partial charge on any atom is -0.490 e. The van der Waals surface area contributed by atoms with Crippen LogP contribution in [0.2, 0.25) is 0 Å². The SMILES string of the molecule is CCOc1cc2ncc(C(N)=O)c(Nc3cccc(CNC(=O)C(N)CCS(C)=O)c3CC)c2cc1OCC.O=C(O)C(F)(F)F.O=C(O)C(F)(F)F. The Balaban J connectivity index is 0.000000845. The number of aliphatic carboxylic acids is 2. The Bertz CT molecular complexity index is 1750. The third kappa shape index (κ3) is 14.8. The number of fused-ring (bicyclic) bond motifs is 1. The molecule has 0 aliphatic rings. The van der Waals surface area contributed by atoms with Crippen molar-refractivity contribution in [2.75, 3.05) is 30.5 Å². The fourth-order valence-electron chi connectivity index (χ4n) is 4.27. The first kappa shape index (κ1) is 45.8. The highest BCUT2D eigenvalue weighted by molar-refractivity contribution is 7.84. The zero-order chi connectivity index (χ0) is 40.7. The summed E-state index contributed by atoms with van der Waals surface area (Å²) in [4.78, 5) is 47.1.